The van der Waals surface area contributed by atoms with E-state index in [1.165, 1.54) is 34.8 Å². The molecule has 1 spiro atoms. The van der Waals surface area contributed by atoms with E-state index in [9.17, 15) is 4.79 Å². The van der Waals surface area contributed by atoms with E-state index < -0.39 is 0 Å². The third-order valence-electron chi connectivity index (χ3n) is 5.36. The Kier molecular flexibility index (Phi) is 4.18. The summed E-state index contributed by atoms with van der Waals surface area (Å²) < 4.78 is 2.39. The van der Waals surface area contributed by atoms with Gasteiger partial charge in [-0.05, 0) is 26.7 Å². The number of alkyl halides is 1. The smallest absolute Gasteiger partial charge is 0.144 e. The minimum atomic E-state index is 0.0696. The standard InChI is InChI=1S/C14H25INO/c1-3-16(4-2)11-14(9-12(16)10-15)8-6-5-7-13(14)17/h12H,3-11H2,1-2H3/q+1. The zero-order valence-corrected chi connectivity index (χ0v) is 13.3. The lowest BCUT2D eigenvalue weighted by Crippen LogP contribution is -2.53. The molecule has 2 nitrogen and oxygen atoms in total. The summed E-state index contributed by atoms with van der Waals surface area (Å²) in [4.78, 5) is 12.4. The predicted molar refractivity (Wildman–Crippen MR) is 79.4 cm³/mol. The summed E-state index contributed by atoms with van der Waals surface area (Å²) in [5.74, 6) is 0.584. The van der Waals surface area contributed by atoms with Crippen molar-refractivity contribution in [1.82, 2.24) is 0 Å². The van der Waals surface area contributed by atoms with Crippen molar-refractivity contribution < 1.29 is 9.28 Å². The zero-order valence-electron chi connectivity index (χ0n) is 11.2. The summed E-state index contributed by atoms with van der Waals surface area (Å²) in [7, 11) is 0. The van der Waals surface area contributed by atoms with Gasteiger partial charge in [-0.1, -0.05) is 29.0 Å². The van der Waals surface area contributed by atoms with Crippen LogP contribution < -0.4 is 0 Å². The average Bonchev–Trinajstić information content (AvgIpc) is 2.69. The van der Waals surface area contributed by atoms with Gasteiger partial charge in [-0.2, -0.15) is 0 Å². The number of quaternary nitrogens is 1. The predicted octanol–water partition coefficient (Wildman–Crippen LogP) is 3.18. The Morgan fingerprint density at radius 2 is 2.06 bits per heavy atom. The first-order valence-electron chi connectivity index (χ1n) is 7.07. The highest BCUT2D eigenvalue weighted by Gasteiger charge is 2.56. The second kappa shape index (κ2) is 5.16. The van der Waals surface area contributed by atoms with Crippen molar-refractivity contribution in [1.29, 1.82) is 0 Å². The molecule has 0 radical (unpaired) electrons. The van der Waals surface area contributed by atoms with Gasteiger partial charge in [-0.25, -0.2) is 0 Å². The maximum Gasteiger partial charge on any atom is 0.144 e. The first-order valence-corrected chi connectivity index (χ1v) is 8.60. The Balaban J connectivity index is 2.26. The number of carbonyl (C=O) groups excluding carboxylic acids is 1. The van der Waals surface area contributed by atoms with Gasteiger partial charge < -0.3 is 4.48 Å². The minimum Gasteiger partial charge on any atom is -0.320 e. The molecule has 0 bridgehead atoms. The summed E-state index contributed by atoms with van der Waals surface area (Å²) in [6.07, 6.45) is 5.58. The van der Waals surface area contributed by atoms with Crippen molar-refractivity contribution in [2.45, 2.75) is 52.0 Å². The van der Waals surface area contributed by atoms with Gasteiger partial charge in [-0.3, -0.25) is 4.79 Å². The third kappa shape index (κ3) is 2.18. The number of hydrogen-bond acceptors (Lipinski definition) is 1. The van der Waals surface area contributed by atoms with Crippen LogP contribution in [0.1, 0.15) is 46.0 Å². The molecule has 2 fully saturated rings. The summed E-state index contributed by atoms with van der Waals surface area (Å²) in [5.41, 5.74) is 0.0696. The van der Waals surface area contributed by atoms with Gasteiger partial charge in [0.1, 0.15) is 5.78 Å². The Bertz CT molecular complexity index is 301. The lowest BCUT2D eigenvalue weighted by molar-refractivity contribution is -0.935. The van der Waals surface area contributed by atoms with Crippen LogP contribution in [0.2, 0.25) is 0 Å². The van der Waals surface area contributed by atoms with Crippen LogP contribution in [-0.4, -0.2) is 40.4 Å². The van der Waals surface area contributed by atoms with Crippen LogP contribution in [0.25, 0.3) is 0 Å². The molecule has 3 heteroatoms. The second-order valence-electron chi connectivity index (χ2n) is 5.93. The zero-order chi connectivity index (χ0) is 12.5. The minimum absolute atomic E-state index is 0.0696. The lowest BCUT2D eigenvalue weighted by atomic mass is 9.72. The molecule has 1 aliphatic carbocycles. The Labute approximate surface area is 119 Å². The molecule has 98 valence electrons. The van der Waals surface area contributed by atoms with Crippen LogP contribution in [0.3, 0.4) is 0 Å². The van der Waals surface area contributed by atoms with Crippen LogP contribution in [0.5, 0.6) is 0 Å². The van der Waals surface area contributed by atoms with Crippen molar-refractivity contribution in [2.24, 2.45) is 5.41 Å². The van der Waals surface area contributed by atoms with E-state index in [2.05, 4.69) is 36.4 Å². The monoisotopic (exact) mass is 350 g/mol. The van der Waals surface area contributed by atoms with Gasteiger partial charge in [0, 0.05) is 12.8 Å². The molecular weight excluding hydrogens is 325 g/mol. The Morgan fingerprint density at radius 3 is 2.53 bits per heavy atom. The fourth-order valence-electron chi connectivity index (χ4n) is 4.14. The summed E-state index contributed by atoms with van der Waals surface area (Å²) in [6.45, 7) is 8.12. The van der Waals surface area contributed by atoms with E-state index in [1.807, 2.05) is 0 Å². The van der Waals surface area contributed by atoms with Gasteiger partial charge in [0.15, 0.2) is 0 Å². The van der Waals surface area contributed by atoms with E-state index in [0.29, 0.717) is 11.8 Å². The second-order valence-corrected chi connectivity index (χ2v) is 6.81. The van der Waals surface area contributed by atoms with Crippen LogP contribution >= 0.6 is 22.6 Å². The van der Waals surface area contributed by atoms with Crippen molar-refractivity contribution in [3.8, 4) is 0 Å². The fraction of sp³-hybridized carbons (Fsp3) is 0.929. The van der Waals surface area contributed by atoms with Gasteiger partial charge in [-0.15, -0.1) is 0 Å². The van der Waals surface area contributed by atoms with Crippen molar-refractivity contribution in [3.63, 3.8) is 0 Å². The number of ketones is 1. The molecule has 2 atom stereocenters. The Morgan fingerprint density at radius 1 is 1.35 bits per heavy atom. The number of likely N-dealkylation sites (tertiary alicyclic amines) is 1. The van der Waals surface area contributed by atoms with Gasteiger partial charge in [0.2, 0.25) is 0 Å². The molecule has 1 saturated heterocycles. The lowest BCUT2D eigenvalue weighted by Gasteiger charge is -2.39. The fourth-order valence-corrected chi connectivity index (χ4v) is 5.29. The molecule has 17 heavy (non-hydrogen) atoms. The van der Waals surface area contributed by atoms with Crippen LogP contribution in [0, 0.1) is 5.41 Å². The number of Topliss-reactive ketones (excluding diaryl/α,β-unsaturated/α-hetero) is 1. The molecule has 0 N–H and O–H groups in total. The maximum absolute atomic E-state index is 12.4. The molecule has 1 heterocycles. The number of halogens is 1. The highest BCUT2D eigenvalue weighted by Crippen LogP contribution is 2.47. The molecular formula is C14H25INO+. The first-order chi connectivity index (χ1) is 8.12. The molecule has 2 rings (SSSR count). The molecule has 1 aliphatic heterocycles. The number of rotatable bonds is 3. The summed E-state index contributed by atoms with van der Waals surface area (Å²) in [6, 6.07) is 0.715. The van der Waals surface area contributed by atoms with E-state index in [0.717, 1.165) is 25.8 Å². The van der Waals surface area contributed by atoms with Crippen molar-refractivity contribution >= 4 is 28.4 Å². The Hall–Kier alpha value is 0.360. The van der Waals surface area contributed by atoms with Crippen molar-refractivity contribution in [2.75, 3.05) is 24.1 Å². The largest absolute Gasteiger partial charge is 0.320 e. The van der Waals surface area contributed by atoms with E-state index >= 15 is 0 Å². The van der Waals surface area contributed by atoms with Crippen LogP contribution in [-0.2, 0) is 4.79 Å². The van der Waals surface area contributed by atoms with E-state index in [-0.39, 0.29) is 5.41 Å². The number of nitrogens with zero attached hydrogens (tertiary/aromatic N) is 1. The third-order valence-corrected chi connectivity index (χ3v) is 6.37. The van der Waals surface area contributed by atoms with Gasteiger partial charge >= 0.3 is 0 Å². The molecule has 1 saturated carbocycles. The van der Waals surface area contributed by atoms with Crippen molar-refractivity contribution in [3.05, 3.63) is 0 Å². The molecule has 0 aromatic rings. The molecule has 0 amide bonds. The van der Waals surface area contributed by atoms with Crippen LogP contribution in [0.4, 0.5) is 0 Å². The van der Waals surface area contributed by atoms with Crippen LogP contribution in [0.15, 0.2) is 0 Å². The molecule has 0 aromatic carbocycles. The molecule has 0 aromatic heterocycles. The maximum atomic E-state index is 12.4. The SMILES string of the molecule is CC[N+]1(CC)CC2(CCCCC2=O)CC1CI. The normalized spacial score (nSPS) is 36.6. The number of hydrogen-bond donors (Lipinski definition) is 0. The number of carbonyl (C=O) groups is 1. The topological polar surface area (TPSA) is 17.1 Å². The van der Waals surface area contributed by atoms with Gasteiger partial charge in [0.05, 0.1) is 35.5 Å². The molecule has 2 aliphatic rings. The first kappa shape index (κ1) is 13.8. The highest BCUT2D eigenvalue weighted by molar-refractivity contribution is 14.1. The van der Waals surface area contributed by atoms with E-state index in [4.69, 9.17) is 0 Å². The summed E-state index contributed by atoms with van der Waals surface area (Å²) >= 11 is 2.52. The van der Waals surface area contributed by atoms with E-state index in [1.54, 1.807) is 0 Å². The average molecular weight is 350 g/mol. The molecule has 2 unspecified atom stereocenters. The summed E-state index contributed by atoms with van der Waals surface area (Å²) in [5, 5.41) is 0. The van der Waals surface area contributed by atoms with Gasteiger partial charge in [0.25, 0.3) is 0 Å². The quantitative estimate of drug-likeness (QED) is 0.434. The highest BCUT2D eigenvalue weighted by atomic mass is 127.